The third-order valence-electron chi connectivity index (χ3n) is 3.42. The zero-order valence-electron chi connectivity index (χ0n) is 13.9. The van der Waals surface area contributed by atoms with Gasteiger partial charge in [-0.3, -0.25) is 9.59 Å². The Labute approximate surface area is 150 Å². The lowest BCUT2D eigenvalue weighted by Crippen LogP contribution is -2.32. The quantitative estimate of drug-likeness (QED) is 0.436. The molecule has 8 heteroatoms. The van der Waals surface area contributed by atoms with Gasteiger partial charge in [-0.05, 0) is 48.2 Å². The molecular weight excluding hydrogens is 340 g/mol. The Balaban J connectivity index is 0.000000260. The van der Waals surface area contributed by atoms with Gasteiger partial charge < -0.3 is 31.9 Å². The molecule has 2 aromatic carbocycles. The van der Waals surface area contributed by atoms with E-state index in [4.69, 9.17) is 31.9 Å². The van der Waals surface area contributed by atoms with E-state index in [-0.39, 0.29) is 24.3 Å². The van der Waals surface area contributed by atoms with E-state index in [1.807, 2.05) is 0 Å². The summed E-state index contributed by atoms with van der Waals surface area (Å²) in [5, 5.41) is 35.0. The number of carbonyl (C=O) groups is 2. The molecule has 0 spiro atoms. The molecule has 8 N–H and O–H groups in total. The predicted molar refractivity (Wildman–Crippen MR) is 94.8 cm³/mol. The molecule has 0 saturated carbocycles. The maximum Gasteiger partial charge on any atom is 0.320 e. The normalized spacial score (nSPS) is 12.4. The van der Waals surface area contributed by atoms with Crippen LogP contribution < -0.4 is 11.5 Å². The molecule has 140 valence electrons. The Morgan fingerprint density at radius 1 is 0.692 bits per heavy atom. The first-order valence-corrected chi connectivity index (χ1v) is 7.71. The largest absolute Gasteiger partial charge is 0.508 e. The Bertz CT molecular complexity index is 652. The topological polar surface area (TPSA) is 167 Å². The fourth-order valence-electron chi connectivity index (χ4n) is 1.95. The fraction of sp³-hybridized carbons (Fsp3) is 0.222. The van der Waals surface area contributed by atoms with Crippen LogP contribution in [-0.4, -0.2) is 44.4 Å². The molecular formula is C18H22N2O6. The molecule has 0 bridgehead atoms. The Hall–Kier alpha value is -3.10. The summed E-state index contributed by atoms with van der Waals surface area (Å²) in [4.78, 5) is 20.8. The zero-order chi connectivity index (χ0) is 19.7. The monoisotopic (exact) mass is 362 g/mol. The van der Waals surface area contributed by atoms with Crippen molar-refractivity contribution in [2.75, 3.05) is 0 Å². The Kier molecular flexibility index (Phi) is 8.07. The molecule has 0 heterocycles. The number of phenolic OH excluding ortho intramolecular Hbond substituents is 2. The predicted octanol–water partition coefficient (Wildman–Crippen LogP) is 0.693. The molecule has 0 fully saturated rings. The lowest BCUT2D eigenvalue weighted by molar-refractivity contribution is -0.139. The van der Waals surface area contributed by atoms with E-state index in [9.17, 15) is 9.59 Å². The standard InChI is InChI=1S/2C9H11NO3/c2*10-8(9(12)13)5-6-1-3-7(11)4-2-6/h2*1-4,8,11H,5,10H2,(H,12,13)/t8-;/m0./s1. The van der Waals surface area contributed by atoms with E-state index >= 15 is 0 Å². The molecule has 0 aliphatic heterocycles. The van der Waals surface area contributed by atoms with Crippen molar-refractivity contribution >= 4 is 11.9 Å². The van der Waals surface area contributed by atoms with E-state index in [1.54, 1.807) is 24.3 Å². The smallest absolute Gasteiger partial charge is 0.320 e. The van der Waals surface area contributed by atoms with Crippen molar-refractivity contribution in [3.8, 4) is 11.5 Å². The van der Waals surface area contributed by atoms with Gasteiger partial charge in [0.25, 0.3) is 0 Å². The average molecular weight is 362 g/mol. The third-order valence-corrected chi connectivity index (χ3v) is 3.42. The third kappa shape index (κ3) is 7.65. The number of rotatable bonds is 6. The number of nitrogens with two attached hydrogens (primary N) is 2. The summed E-state index contributed by atoms with van der Waals surface area (Å²) < 4.78 is 0. The van der Waals surface area contributed by atoms with Crippen LogP contribution in [0.2, 0.25) is 0 Å². The van der Waals surface area contributed by atoms with Crippen LogP contribution in [0, 0.1) is 0 Å². The molecule has 2 rings (SSSR count). The van der Waals surface area contributed by atoms with Gasteiger partial charge in [-0.2, -0.15) is 0 Å². The van der Waals surface area contributed by atoms with Gasteiger partial charge >= 0.3 is 11.9 Å². The Morgan fingerprint density at radius 2 is 0.962 bits per heavy atom. The number of hydrogen-bond donors (Lipinski definition) is 6. The summed E-state index contributed by atoms with van der Waals surface area (Å²) in [6.07, 6.45) is 0.547. The maximum absolute atomic E-state index is 10.4. The van der Waals surface area contributed by atoms with Crippen LogP contribution in [0.5, 0.6) is 11.5 Å². The van der Waals surface area contributed by atoms with E-state index in [1.165, 1.54) is 24.3 Å². The molecule has 2 atom stereocenters. The highest BCUT2D eigenvalue weighted by molar-refractivity contribution is 5.73. The summed E-state index contributed by atoms with van der Waals surface area (Å²) >= 11 is 0. The fourth-order valence-corrected chi connectivity index (χ4v) is 1.95. The van der Waals surface area contributed by atoms with Crippen molar-refractivity contribution in [1.82, 2.24) is 0 Å². The van der Waals surface area contributed by atoms with Crippen LogP contribution in [0.3, 0.4) is 0 Å². The molecule has 0 aliphatic rings. The number of hydrogen-bond acceptors (Lipinski definition) is 6. The first kappa shape index (κ1) is 20.9. The highest BCUT2D eigenvalue weighted by Gasteiger charge is 2.12. The van der Waals surface area contributed by atoms with Gasteiger partial charge in [0.2, 0.25) is 0 Å². The number of carboxylic acid groups (broad SMARTS) is 2. The summed E-state index contributed by atoms with van der Waals surface area (Å²) in [7, 11) is 0. The van der Waals surface area contributed by atoms with Crippen molar-refractivity contribution < 1.29 is 30.0 Å². The molecule has 1 unspecified atom stereocenters. The lowest BCUT2D eigenvalue weighted by atomic mass is 10.1. The van der Waals surface area contributed by atoms with Crippen LogP contribution in [-0.2, 0) is 22.4 Å². The number of aliphatic carboxylic acids is 2. The summed E-state index contributed by atoms with van der Waals surface area (Å²) in [6.45, 7) is 0. The SMILES string of the molecule is NC(Cc1ccc(O)cc1)C(=O)O.N[C@@H](Cc1ccc(O)cc1)C(=O)O. The van der Waals surface area contributed by atoms with Gasteiger partial charge in [0.1, 0.15) is 23.6 Å². The second kappa shape index (κ2) is 10.0. The van der Waals surface area contributed by atoms with Gasteiger partial charge in [-0.25, -0.2) is 0 Å². The molecule has 0 saturated heterocycles. The second-order valence-corrected chi connectivity index (χ2v) is 5.63. The van der Waals surface area contributed by atoms with Crippen molar-refractivity contribution in [3.05, 3.63) is 59.7 Å². The van der Waals surface area contributed by atoms with Gasteiger partial charge in [-0.1, -0.05) is 24.3 Å². The van der Waals surface area contributed by atoms with Gasteiger partial charge in [-0.15, -0.1) is 0 Å². The van der Waals surface area contributed by atoms with E-state index < -0.39 is 24.0 Å². The van der Waals surface area contributed by atoms with Crippen LogP contribution in [0.1, 0.15) is 11.1 Å². The van der Waals surface area contributed by atoms with Gasteiger partial charge in [0.05, 0.1) is 0 Å². The zero-order valence-corrected chi connectivity index (χ0v) is 13.9. The minimum absolute atomic E-state index is 0.160. The molecule has 0 radical (unpaired) electrons. The van der Waals surface area contributed by atoms with Crippen LogP contribution in [0.4, 0.5) is 0 Å². The van der Waals surface area contributed by atoms with Gasteiger partial charge in [0.15, 0.2) is 0 Å². The van der Waals surface area contributed by atoms with Crippen molar-refractivity contribution in [3.63, 3.8) is 0 Å². The van der Waals surface area contributed by atoms with E-state index in [0.717, 1.165) is 11.1 Å². The average Bonchev–Trinajstić information content (AvgIpc) is 2.59. The van der Waals surface area contributed by atoms with Crippen LogP contribution >= 0.6 is 0 Å². The Morgan fingerprint density at radius 3 is 1.19 bits per heavy atom. The molecule has 0 aliphatic carbocycles. The number of carboxylic acids is 2. The van der Waals surface area contributed by atoms with Crippen molar-refractivity contribution in [1.29, 1.82) is 0 Å². The van der Waals surface area contributed by atoms with E-state index in [2.05, 4.69) is 0 Å². The summed E-state index contributed by atoms with van der Waals surface area (Å²) in [6, 6.07) is 10.8. The molecule has 2 aromatic rings. The highest BCUT2D eigenvalue weighted by Crippen LogP contribution is 2.11. The minimum Gasteiger partial charge on any atom is -0.508 e. The van der Waals surface area contributed by atoms with Crippen LogP contribution in [0.15, 0.2) is 48.5 Å². The minimum atomic E-state index is -1.02. The van der Waals surface area contributed by atoms with Gasteiger partial charge in [0, 0.05) is 0 Å². The molecule has 26 heavy (non-hydrogen) atoms. The number of phenols is 2. The van der Waals surface area contributed by atoms with Crippen LogP contribution in [0.25, 0.3) is 0 Å². The van der Waals surface area contributed by atoms with E-state index in [0.29, 0.717) is 0 Å². The summed E-state index contributed by atoms with van der Waals surface area (Å²) in [5.41, 5.74) is 12.2. The lowest BCUT2D eigenvalue weighted by Gasteiger charge is -2.05. The van der Waals surface area contributed by atoms with Crippen molar-refractivity contribution in [2.45, 2.75) is 24.9 Å². The van der Waals surface area contributed by atoms with Crippen molar-refractivity contribution in [2.24, 2.45) is 11.5 Å². The number of benzene rings is 2. The first-order valence-electron chi connectivity index (χ1n) is 7.71. The molecule has 0 aromatic heterocycles. The molecule has 0 amide bonds. The number of aromatic hydroxyl groups is 2. The summed E-state index contributed by atoms with van der Waals surface area (Å²) in [5.74, 6) is -1.72. The second-order valence-electron chi connectivity index (χ2n) is 5.63. The maximum atomic E-state index is 10.4. The molecule has 8 nitrogen and oxygen atoms in total. The highest BCUT2D eigenvalue weighted by atomic mass is 16.4. The first-order chi connectivity index (χ1) is 12.2.